The second-order valence-corrected chi connectivity index (χ2v) is 6.10. The molecular weight excluding hydrogens is 341 g/mol. The van der Waals surface area contributed by atoms with E-state index in [4.69, 9.17) is 21.1 Å². The third-order valence-corrected chi connectivity index (χ3v) is 4.36. The zero-order chi connectivity index (χ0) is 17.3. The third-order valence-electron chi connectivity index (χ3n) is 4.07. The Bertz CT molecular complexity index is 745. The fraction of sp³-hybridized carbons (Fsp3) is 0.333. The van der Waals surface area contributed by atoms with Gasteiger partial charge in [0.1, 0.15) is 23.9 Å². The van der Waals surface area contributed by atoms with E-state index < -0.39 is 17.8 Å². The molecule has 0 heterocycles. The number of hydrogen-bond acceptors (Lipinski definition) is 2. The van der Waals surface area contributed by atoms with E-state index in [1.807, 2.05) is 12.1 Å². The Morgan fingerprint density at radius 1 is 1.21 bits per heavy atom. The van der Waals surface area contributed by atoms with Crippen LogP contribution in [0.25, 0.3) is 0 Å². The Balaban J connectivity index is 1.90. The SMILES string of the molecule is COc1cccc(C2CC2)c1COc1cc(Cl)c(F)cc1C(F)F. The van der Waals surface area contributed by atoms with Crippen molar-refractivity contribution in [1.29, 1.82) is 0 Å². The molecule has 1 aliphatic carbocycles. The topological polar surface area (TPSA) is 18.5 Å². The van der Waals surface area contributed by atoms with E-state index in [-0.39, 0.29) is 17.4 Å². The van der Waals surface area contributed by atoms with Crippen LogP contribution in [0.5, 0.6) is 11.5 Å². The first-order valence-corrected chi connectivity index (χ1v) is 7.94. The molecule has 0 N–H and O–H groups in total. The van der Waals surface area contributed by atoms with Gasteiger partial charge in [0.2, 0.25) is 0 Å². The summed E-state index contributed by atoms with van der Waals surface area (Å²) in [6.07, 6.45) is -0.678. The molecule has 0 spiro atoms. The van der Waals surface area contributed by atoms with E-state index in [2.05, 4.69) is 0 Å². The molecule has 2 aromatic rings. The molecule has 2 aromatic carbocycles. The Morgan fingerprint density at radius 2 is 1.96 bits per heavy atom. The summed E-state index contributed by atoms with van der Waals surface area (Å²) in [7, 11) is 1.55. The van der Waals surface area contributed by atoms with Crippen LogP contribution in [-0.4, -0.2) is 7.11 Å². The van der Waals surface area contributed by atoms with Crippen molar-refractivity contribution in [1.82, 2.24) is 0 Å². The molecule has 0 atom stereocenters. The summed E-state index contributed by atoms with van der Waals surface area (Å²) in [6.45, 7) is 0.0531. The summed E-state index contributed by atoms with van der Waals surface area (Å²) in [5.41, 5.74) is 1.41. The lowest BCUT2D eigenvalue weighted by Gasteiger charge is -2.16. The van der Waals surface area contributed by atoms with Crippen LogP contribution < -0.4 is 9.47 Å². The maximum Gasteiger partial charge on any atom is 0.267 e. The number of rotatable bonds is 6. The first-order valence-electron chi connectivity index (χ1n) is 7.57. The molecule has 0 unspecified atom stereocenters. The van der Waals surface area contributed by atoms with Crippen molar-refractivity contribution in [3.05, 3.63) is 57.9 Å². The second-order valence-electron chi connectivity index (χ2n) is 5.70. The number of halogens is 4. The van der Waals surface area contributed by atoms with Crippen LogP contribution >= 0.6 is 11.6 Å². The van der Waals surface area contributed by atoms with Gasteiger partial charge < -0.3 is 9.47 Å². The minimum atomic E-state index is -2.85. The molecule has 1 aliphatic rings. The van der Waals surface area contributed by atoms with Crippen molar-refractivity contribution in [3.63, 3.8) is 0 Å². The highest BCUT2D eigenvalue weighted by atomic mass is 35.5. The quantitative estimate of drug-likeness (QED) is 0.643. The third kappa shape index (κ3) is 3.46. The molecule has 1 saturated carbocycles. The van der Waals surface area contributed by atoms with Gasteiger partial charge in [0.25, 0.3) is 6.43 Å². The number of alkyl halides is 2. The fourth-order valence-corrected chi connectivity index (χ4v) is 2.85. The molecule has 0 bridgehead atoms. The van der Waals surface area contributed by atoms with Crippen molar-refractivity contribution in [3.8, 4) is 11.5 Å². The molecular formula is C18H16ClF3O2. The number of ether oxygens (including phenoxy) is 2. The summed E-state index contributed by atoms with van der Waals surface area (Å²) >= 11 is 5.70. The second kappa shape index (κ2) is 6.93. The number of methoxy groups -OCH3 is 1. The van der Waals surface area contributed by atoms with E-state index in [9.17, 15) is 13.2 Å². The van der Waals surface area contributed by atoms with Crippen LogP contribution in [0.2, 0.25) is 5.02 Å². The molecule has 0 saturated heterocycles. The maximum absolute atomic E-state index is 13.4. The molecule has 1 fully saturated rings. The van der Waals surface area contributed by atoms with Crippen LogP contribution in [0.1, 0.15) is 41.9 Å². The van der Waals surface area contributed by atoms with Gasteiger partial charge in [0, 0.05) is 11.6 Å². The number of hydrogen-bond donors (Lipinski definition) is 0. The Morgan fingerprint density at radius 3 is 2.58 bits per heavy atom. The summed E-state index contributed by atoms with van der Waals surface area (Å²) in [5, 5.41) is -0.253. The molecule has 0 radical (unpaired) electrons. The van der Waals surface area contributed by atoms with Crippen LogP contribution in [-0.2, 0) is 6.61 Å². The summed E-state index contributed by atoms with van der Waals surface area (Å²) in [4.78, 5) is 0. The van der Waals surface area contributed by atoms with Crippen molar-refractivity contribution in [2.75, 3.05) is 7.11 Å². The molecule has 6 heteroatoms. The van der Waals surface area contributed by atoms with E-state index in [1.165, 1.54) is 0 Å². The summed E-state index contributed by atoms with van der Waals surface area (Å²) in [6, 6.07) is 7.49. The molecule has 0 amide bonds. The van der Waals surface area contributed by atoms with Crippen molar-refractivity contribution in [2.45, 2.75) is 31.8 Å². The number of benzene rings is 2. The molecule has 0 aliphatic heterocycles. The zero-order valence-electron chi connectivity index (χ0n) is 13.0. The van der Waals surface area contributed by atoms with Crippen LogP contribution in [0.3, 0.4) is 0 Å². The van der Waals surface area contributed by atoms with Gasteiger partial charge in [-0.15, -0.1) is 0 Å². The van der Waals surface area contributed by atoms with Gasteiger partial charge in [0.15, 0.2) is 0 Å². The lowest BCUT2D eigenvalue weighted by Crippen LogP contribution is -2.05. The first-order chi connectivity index (χ1) is 11.5. The predicted octanol–water partition coefficient (Wildman–Crippen LogP) is 5.88. The van der Waals surface area contributed by atoms with E-state index >= 15 is 0 Å². The Kier molecular flexibility index (Phi) is 4.90. The molecule has 3 rings (SSSR count). The predicted molar refractivity (Wildman–Crippen MR) is 85.7 cm³/mol. The van der Waals surface area contributed by atoms with Gasteiger partial charge in [-0.2, -0.15) is 0 Å². The average molecular weight is 357 g/mol. The molecule has 128 valence electrons. The highest BCUT2D eigenvalue weighted by molar-refractivity contribution is 6.30. The standard InChI is InChI=1S/C18H16ClF3O2/c1-23-16-4-2-3-11(10-5-6-10)13(16)9-24-17-8-14(19)15(20)7-12(17)18(21)22/h2-4,7-8,10,18H,5-6,9H2,1H3. The minimum Gasteiger partial charge on any atom is -0.496 e. The Labute approximate surface area is 143 Å². The van der Waals surface area contributed by atoms with Crippen LogP contribution in [0.4, 0.5) is 13.2 Å². The zero-order valence-corrected chi connectivity index (χ0v) is 13.7. The van der Waals surface area contributed by atoms with E-state index in [0.29, 0.717) is 17.7 Å². The van der Waals surface area contributed by atoms with E-state index in [0.717, 1.165) is 30.0 Å². The van der Waals surface area contributed by atoms with Gasteiger partial charge >= 0.3 is 0 Å². The molecule has 2 nitrogen and oxygen atoms in total. The van der Waals surface area contributed by atoms with Gasteiger partial charge in [0.05, 0.1) is 17.7 Å². The van der Waals surface area contributed by atoms with Crippen LogP contribution in [0, 0.1) is 5.82 Å². The Hall–Kier alpha value is -1.88. The van der Waals surface area contributed by atoms with Gasteiger partial charge in [-0.1, -0.05) is 23.7 Å². The maximum atomic E-state index is 13.4. The highest BCUT2D eigenvalue weighted by Gasteiger charge is 2.28. The normalized spacial score (nSPS) is 14.1. The van der Waals surface area contributed by atoms with Crippen molar-refractivity contribution < 1.29 is 22.6 Å². The summed E-state index contributed by atoms with van der Waals surface area (Å²) < 4.78 is 50.6. The first kappa shape index (κ1) is 17.0. The van der Waals surface area contributed by atoms with Crippen LogP contribution in [0.15, 0.2) is 30.3 Å². The largest absolute Gasteiger partial charge is 0.496 e. The van der Waals surface area contributed by atoms with Gasteiger partial charge in [-0.3, -0.25) is 0 Å². The lowest BCUT2D eigenvalue weighted by atomic mass is 10.0. The van der Waals surface area contributed by atoms with E-state index in [1.54, 1.807) is 13.2 Å². The smallest absolute Gasteiger partial charge is 0.267 e. The molecule has 0 aromatic heterocycles. The van der Waals surface area contributed by atoms with Crippen molar-refractivity contribution in [2.24, 2.45) is 0 Å². The monoisotopic (exact) mass is 356 g/mol. The highest BCUT2D eigenvalue weighted by Crippen LogP contribution is 2.44. The van der Waals surface area contributed by atoms with Crippen molar-refractivity contribution >= 4 is 11.6 Å². The minimum absolute atomic E-state index is 0.0531. The molecule has 24 heavy (non-hydrogen) atoms. The lowest BCUT2D eigenvalue weighted by molar-refractivity contribution is 0.143. The van der Waals surface area contributed by atoms with Gasteiger partial charge in [-0.25, -0.2) is 13.2 Å². The fourth-order valence-electron chi connectivity index (χ4n) is 2.69. The summed E-state index contributed by atoms with van der Waals surface area (Å²) in [5.74, 6) is 0.0793. The van der Waals surface area contributed by atoms with Gasteiger partial charge in [-0.05, 0) is 36.5 Å². The average Bonchev–Trinajstić information content (AvgIpc) is 3.39.